The summed E-state index contributed by atoms with van der Waals surface area (Å²) in [6, 6.07) is 41.5. The number of fused-ring (bicyclic) bond motifs is 8. The monoisotopic (exact) mass is 484 g/mol. The lowest BCUT2D eigenvalue weighted by atomic mass is 9.68. The van der Waals surface area contributed by atoms with Crippen molar-refractivity contribution in [3.8, 4) is 22.9 Å². The molecule has 0 bridgehead atoms. The van der Waals surface area contributed by atoms with Crippen molar-refractivity contribution in [2.45, 2.75) is 19.3 Å². The molecule has 0 spiro atoms. The number of nitriles is 1. The molecule has 1 aromatic heterocycles. The maximum atomic E-state index is 9.48. The SMILES string of the molecule is CC1(C)c2ccccc2-c2c3c1cccc3cc1c3ccc4ccccc4c3n(-c3ccc(C#N)cc3)c21. The van der Waals surface area contributed by atoms with Crippen LogP contribution in [0, 0.1) is 11.3 Å². The highest BCUT2D eigenvalue weighted by Crippen LogP contribution is 2.53. The van der Waals surface area contributed by atoms with E-state index in [2.05, 4.69) is 122 Å². The number of benzene rings is 6. The summed E-state index contributed by atoms with van der Waals surface area (Å²) in [4.78, 5) is 0. The molecule has 0 atom stereocenters. The van der Waals surface area contributed by atoms with E-state index in [1.54, 1.807) is 0 Å². The van der Waals surface area contributed by atoms with Gasteiger partial charge in [-0.2, -0.15) is 5.26 Å². The van der Waals surface area contributed by atoms with E-state index in [1.165, 1.54) is 65.6 Å². The molecule has 2 heteroatoms. The average Bonchev–Trinajstić information content (AvgIpc) is 3.29. The maximum absolute atomic E-state index is 9.48. The van der Waals surface area contributed by atoms with E-state index < -0.39 is 0 Å². The normalized spacial score (nSPS) is 13.7. The van der Waals surface area contributed by atoms with Crippen molar-refractivity contribution < 1.29 is 0 Å². The summed E-state index contributed by atoms with van der Waals surface area (Å²) in [6.45, 7) is 4.69. The van der Waals surface area contributed by atoms with Gasteiger partial charge < -0.3 is 4.57 Å². The van der Waals surface area contributed by atoms with Gasteiger partial charge in [-0.15, -0.1) is 0 Å². The van der Waals surface area contributed by atoms with Gasteiger partial charge in [-0.05, 0) is 63.2 Å². The average molecular weight is 485 g/mol. The predicted octanol–water partition coefficient (Wildman–Crippen LogP) is 9.27. The van der Waals surface area contributed by atoms with Crippen LogP contribution in [0.25, 0.3) is 60.2 Å². The Labute approximate surface area is 221 Å². The van der Waals surface area contributed by atoms with Crippen LogP contribution in [-0.4, -0.2) is 4.57 Å². The van der Waals surface area contributed by atoms with E-state index in [9.17, 15) is 5.26 Å². The highest BCUT2D eigenvalue weighted by molar-refractivity contribution is 6.26. The highest BCUT2D eigenvalue weighted by atomic mass is 15.0. The zero-order valence-electron chi connectivity index (χ0n) is 21.3. The minimum absolute atomic E-state index is 0.102. The van der Waals surface area contributed by atoms with Gasteiger partial charge in [-0.1, -0.05) is 92.7 Å². The third kappa shape index (κ3) is 2.61. The highest BCUT2D eigenvalue weighted by Gasteiger charge is 2.35. The molecule has 0 N–H and O–H groups in total. The molecule has 8 rings (SSSR count). The first-order valence-electron chi connectivity index (χ1n) is 13.1. The molecule has 1 aliphatic carbocycles. The van der Waals surface area contributed by atoms with Gasteiger partial charge in [0.25, 0.3) is 0 Å². The van der Waals surface area contributed by atoms with Crippen LogP contribution in [0.15, 0.2) is 109 Å². The molecule has 178 valence electrons. The van der Waals surface area contributed by atoms with Crippen LogP contribution in [0.4, 0.5) is 0 Å². The fraction of sp³-hybridized carbons (Fsp3) is 0.0833. The maximum Gasteiger partial charge on any atom is 0.0991 e. The van der Waals surface area contributed by atoms with Crippen molar-refractivity contribution in [3.63, 3.8) is 0 Å². The van der Waals surface area contributed by atoms with Gasteiger partial charge in [0, 0.05) is 32.8 Å². The van der Waals surface area contributed by atoms with Crippen LogP contribution in [-0.2, 0) is 5.41 Å². The second-order valence-corrected chi connectivity index (χ2v) is 10.9. The molecule has 0 amide bonds. The summed E-state index contributed by atoms with van der Waals surface area (Å²) in [5.74, 6) is 0. The third-order valence-corrected chi connectivity index (χ3v) is 8.57. The summed E-state index contributed by atoms with van der Waals surface area (Å²) in [7, 11) is 0. The first kappa shape index (κ1) is 21.2. The van der Waals surface area contributed by atoms with E-state index >= 15 is 0 Å². The van der Waals surface area contributed by atoms with Gasteiger partial charge in [0.2, 0.25) is 0 Å². The molecule has 6 aromatic carbocycles. The Morgan fingerprint density at radius 1 is 0.632 bits per heavy atom. The van der Waals surface area contributed by atoms with Gasteiger partial charge in [0.1, 0.15) is 0 Å². The molecule has 0 saturated carbocycles. The summed E-state index contributed by atoms with van der Waals surface area (Å²) >= 11 is 0. The van der Waals surface area contributed by atoms with Crippen LogP contribution >= 0.6 is 0 Å². The zero-order valence-corrected chi connectivity index (χ0v) is 21.3. The second kappa shape index (κ2) is 7.34. The van der Waals surface area contributed by atoms with Crippen LogP contribution in [0.5, 0.6) is 0 Å². The summed E-state index contributed by atoms with van der Waals surface area (Å²) < 4.78 is 2.44. The van der Waals surface area contributed by atoms with Crippen molar-refractivity contribution in [1.82, 2.24) is 4.57 Å². The fourth-order valence-corrected chi connectivity index (χ4v) is 6.83. The predicted molar refractivity (Wildman–Crippen MR) is 158 cm³/mol. The van der Waals surface area contributed by atoms with Gasteiger partial charge in [0.15, 0.2) is 0 Å². The third-order valence-electron chi connectivity index (χ3n) is 8.57. The molecular formula is C36H24N2. The molecule has 38 heavy (non-hydrogen) atoms. The van der Waals surface area contributed by atoms with E-state index in [0.717, 1.165) is 5.69 Å². The largest absolute Gasteiger partial charge is 0.308 e. The first-order chi connectivity index (χ1) is 18.6. The summed E-state index contributed by atoms with van der Waals surface area (Å²) in [5, 5.41) is 17.0. The topological polar surface area (TPSA) is 28.7 Å². The number of nitrogens with zero attached hydrogens (tertiary/aromatic N) is 2. The Morgan fingerprint density at radius 2 is 1.37 bits per heavy atom. The molecule has 0 fully saturated rings. The minimum atomic E-state index is -0.102. The Balaban J connectivity index is 1.70. The summed E-state index contributed by atoms with van der Waals surface area (Å²) in [5.41, 5.74) is 9.38. The lowest BCUT2D eigenvalue weighted by Gasteiger charge is -2.35. The van der Waals surface area contributed by atoms with Crippen LogP contribution < -0.4 is 0 Å². The zero-order chi connectivity index (χ0) is 25.6. The molecule has 2 nitrogen and oxygen atoms in total. The molecule has 0 radical (unpaired) electrons. The molecular weight excluding hydrogens is 460 g/mol. The molecule has 0 unspecified atom stereocenters. The Hall–Kier alpha value is -4.87. The lowest BCUT2D eigenvalue weighted by molar-refractivity contribution is 0.645. The quantitative estimate of drug-likeness (QED) is 0.228. The number of aromatic nitrogens is 1. The Kier molecular flexibility index (Phi) is 4.10. The van der Waals surface area contributed by atoms with Crippen molar-refractivity contribution in [2.24, 2.45) is 0 Å². The molecule has 0 aliphatic heterocycles. The van der Waals surface area contributed by atoms with Crippen LogP contribution in [0.3, 0.4) is 0 Å². The molecule has 1 heterocycles. The van der Waals surface area contributed by atoms with Crippen molar-refractivity contribution in [1.29, 1.82) is 5.26 Å². The number of rotatable bonds is 1. The molecule has 1 aliphatic rings. The standard InChI is InChI=1S/C36H24N2/c1-36(2)30-12-6-5-11-28(30)33-32-24(9-7-13-31(32)36)20-29-27-19-16-23-8-3-4-10-26(23)34(27)38(35(29)33)25-17-14-22(21-37)15-18-25/h3-20H,1-2H3. The van der Waals surface area contributed by atoms with Crippen molar-refractivity contribution >= 4 is 43.4 Å². The Bertz CT molecular complexity index is 2150. The molecule has 7 aromatic rings. The fourth-order valence-electron chi connectivity index (χ4n) is 6.83. The minimum Gasteiger partial charge on any atom is -0.308 e. The van der Waals surface area contributed by atoms with Crippen LogP contribution in [0.2, 0.25) is 0 Å². The smallest absolute Gasteiger partial charge is 0.0991 e. The van der Waals surface area contributed by atoms with Gasteiger partial charge >= 0.3 is 0 Å². The number of hydrogen-bond acceptors (Lipinski definition) is 1. The first-order valence-corrected chi connectivity index (χ1v) is 13.1. The van der Waals surface area contributed by atoms with E-state index in [4.69, 9.17) is 0 Å². The van der Waals surface area contributed by atoms with E-state index in [1.807, 2.05) is 12.1 Å². The summed E-state index contributed by atoms with van der Waals surface area (Å²) in [6.07, 6.45) is 0. The second-order valence-electron chi connectivity index (χ2n) is 10.9. The Morgan fingerprint density at radius 3 is 2.21 bits per heavy atom. The van der Waals surface area contributed by atoms with Gasteiger partial charge in [-0.25, -0.2) is 0 Å². The van der Waals surface area contributed by atoms with E-state index in [-0.39, 0.29) is 5.41 Å². The van der Waals surface area contributed by atoms with Gasteiger partial charge in [0.05, 0.1) is 22.7 Å². The van der Waals surface area contributed by atoms with Crippen molar-refractivity contribution in [2.75, 3.05) is 0 Å². The van der Waals surface area contributed by atoms with E-state index in [0.29, 0.717) is 5.56 Å². The van der Waals surface area contributed by atoms with Gasteiger partial charge in [-0.3, -0.25) is 0 Å². The molecule has 0 saturated heterocycles. The van der Waals surface area contributed by atoms with Crippen LogP contribution in [0.1, 0.15) is 30.5 Å². The number of hydrogen-bond donors (Lipinski definition) is 0. The lowest BCUT2D eigenvalue weighted by Crippen LogP contribution is -2.23. The van der Waals surface area contributed by atoms with Crippen molar-refractivity contribution in [3.05, 3.63) is 126 Å².